The Balaban J connectivity index is 0.000000261. The Morgan fingerprint density at radius 3 is 1.43 bits per heavy atom. The van der Waals surface area contributed by atoms with Crippen LogP contribution in [0.5, 0.6) is 0 Å². The fraction of sp³-hybridized carbons (Fsp3) is 0. The second kappa shape index (κ2) is 10.7. The van der Waals surface area contributed by atoms with Gasteiger partial charge in [0.05, 0.1) is 11.9 Å². The first kappa shape index (κ1) is 25.1. The van der Waals surface area contributed by atoms with E-state index in [1.165, 1.54) is 36.4 Å². The third-order valence-corrected chi connectivity index (χ3v) is 3.38. The summed E-state index contributed by atoms with van der Waals surface area (Å²) in [6.07, 6.45) is 0. The van der Waals surface area contributed by atoms with Crippen LogP contribution in [0.4, 0.5) is 0 Å². The molecule has 0 aliphatic rings. The summed E-state index contributed by atoms with van der Waals surface area (Å²) < 4.78 is 0. The molecule has 2 aromatic heterocycles. The second-order valence-electron chi connectivity index (χ2n) is 4.99. The number of carbonyl (C=O) groups excluding carboxylic acids is 2. The fourth-order valence-corrected chi connectivity index (χ4v) is 2.13. The molecule has 0 aliphatic carbocycles. The van der Waals surface area contributed by atoms with Crippen LogP contribution in [0.1, 0.15) is 20.7 Å². The Kier molecular flexibility index (Phi) is 9.61. The van der Waals surface area contributed by atoms with Crippen LogP contribution >= 0.6 is 0 Å². The standard InChI is InChI=1S/2C7H5N3O3.2K/c2*11-7(12)4-1-2-6-5(3-4)8-9-10(6)13;;/h2*1-3,9H,(H,11,12);;/q;;2*+1/p-2. The van der Waals surface area contributed by atoms with E-state index in [0.29, 0.717) is 31.8 Å². The summed E-state index contributed by atoms with van der Waals surface area (Å²) in [4.78, 5) is 21.7. The van der Waals surface area contributed by atoms with E-state index in [1.54, 1.807) is 0 Å². The largest absolute Gasteiger partial charge is 1.00 e. The molecule has 4 rings (SSSR count). The number of nitrogens with zero attached hydrogens (tertiary/aromatic N) is 4. The zero-order valence-corrected chi connectivity index (χ0v) is 20.9. The van der Waals surface area contributed by atoms with Crippen LogP contribution in [-0.4, -0.2) is 32.6 Å². The van der Waals surface area contributed by atoms with Crippen molar-refractivity contribution >= 4 is 34.0 Å². The zero-order valence-electron chi connectivity index (χ0n) is 14.7. The van der Waals surface area contributed by atoms with Gasteiger partial charge in [-0.25, -0.2) is 0 Å². The van der Waals surface area contributed by atoms with Crippen molar-refractivity contribution in [2.45, 2.75) is 0 Å². The summed E-state index contributed by atoms with van der Waals surface area (Å²) >= 11 is 0. The molecular formula is C14H8K2N6O6. The van der Waals surface area contributed by atoms with Crippen LogP contribution in [-0.2, 0) is 0 Å². The number of benzene rings is 2. The van der Waals surface area contributed by atoms with Gasteiger partial charge in [0.15, 0.2) is 0 Å². The van der Waals surface area contributed by atoms with E-state index in [2.05, 4.69) is 20.6 Å². The van der Waals surface area contributed by atoms with Crippen molar-refractivity contribution in [1.82, 2.24) is 20.6 Å². The number of carbonyl (C=O) groups is 2. The molecule has 4 aromatic rings. The molecule has 132 valence electrons. The number of aromatic amines is 2. The minimum Gasteiger partial charge on any atom is -0.692 e. The van der Waals surface area contributed by atoms with Crippen LogP contribution in [0.15, 0.2) is 36.4 Å². The van der Waals surface area contributed by atoms with E-state index in [1.807, 2.05) is 0 Å². The topological polar surface area (TPSA) is 191 Å². The average molecular weight is 434 g/mol. The first-order valence-electron chi connectivity index (χ1n) is 6.95. The second-order valence-corrected chi connectivity index (χ2v) is 4.99. The van der Waals surface area contributed by atoms with Crippen molar-refractivity contribution in [1.29, 1.82) is 0 Å². The average Bonchev–Trinajstić information content (AvgIpc) is 3.18. The van der Waals surface area contributed by atoms with E-state index in [-0.39, 0.29) is 114 Å². The molecule has 14 heteroatoms. The minimum absolute atomic E-state index is 0. The molecule has 2 aromatic carbocycles. The predicted octanol–water partition coefficient (Wildman–Crippen LogP) is -8.87. The van der Waals surface area contributed by atoms with Crippen LogP contribution in [0.3, 0.4) is 0 Å². The molecule has 0 aliphatic heterocycles. The number of carboxylic acids is 2. The molecule has 0 saturated heterocycles. The Hall–Kier alpha value is -0.947. The van der Waals surface area contributed by atoms with Gasteiger partial charge in [0, 0.05) is 33.5 Å². The molecule has 0 spiro atoms. The molecule has 28 heavy (non-hydrogen) atoms. The molecule has 0 bridgehead atoms. The fourth-order valence-electron chi connectivity index (χ4n) is 2.13. The molecule has 2 N–H and O–H groups in total. The van der Waals surface area contributed by atoms with Crippen LogP contribution in [0.2, 0.25) is 0 Å². The van der Waals surface area contributed by atoms with Gasteiger partial charge in [-0.1, -0.05) is 10.4 Å². The maximum atomic E-state index is 10.9. The van der Waals surface area contributed by atoms with Crippen molar-refractivity contribution in [3.05, 3.63) is 57.9 Å². The predicted molar refractivity (Wildman–Crippen MR) is 78.8 cm³/mol. The van der Waals surface area contributed by atoms with E-state index in [9.17, 15) is 30.2 Å². The molecule has 0 unspecified atom stereocenters. The molecule has 0 fully saturated rings. The normalized spacial score (nSPS) is 9.71. The number of aromatic carboxylic acids is 2. The number of fused-ring (bicyclic) bond motifs is 2. The smallest absolute Gasteiger partial charge is 0.692 e. The van der Waals surface area contributed by atoms with Crippen molar-refractivity contribution < 1.29 is 132 Å². The summed E-state index contributed by atoms with van der Waals surface area (Å²) in [6, 6.07) is 7.88. The van der Waals surface area contributed by atoms with Crippen molar-refractivity contribution in [2.24, 2.45) is 0 Å². The van der Waals surface area contributed by atoms with Gasteiger partial charge in [-0.2, -0.15) is 9.69 Å². The molecular weight excluding hydrogens is 426 g/mol. The van der Waals surface area contributed by atoms with Gasteiger partial charge in [0.25, 0.3) is 0 Å². The number of nitrogens with one attached hydrogen (secondary N) is 2. The minimum atomic E-state index is -1.29. The van der Waals surface area contributed by atoms with Gasteiger partial charge in [-0.3, -0.25) is 0 Å². The summed E-state index contributed by atoms with van der Waals surface area (Å²) in [7, 11) is 0. The van der Waals surface area contributed by atoms with Gasteiger partial charge in [-0.15, -0.1) is 0 Å². The van der Waals surface area contributed by atoms with Crippen LogP contribution < -0.4 is 123 Å². The van der Waals surface area contributed by atoms with Crippen LogP contribution in [0.25, 0.3) is 22.1 Å². The number of hydrogen-bond donors (Lipinski definition) is 2. The van der Waals surface area contributed by atoms with Gasteiger partial charge in [0.2, 0.25) is 22.1 Å². The summed E-state index contributed by atoms with van der Waals surface area (Å²) in [5, 5.41) is 54.1. The van der Waals surface area contributed by atoms with Gasteiger partial charge in [-0.05, 0) is 24.3 Å². The number of aromatic nitrogens is 6. The molecule has 0 atom stereocenters. The van der Waals surface area contributed by atoms with E-state index in [0.717, 1.165) is 0 Å². The van der Waals surface area contributed by atoms with Crippen LogP contribution in [0, 0.1) is 10.4 Å². The van der Waals surface area contributed by atoms with E-state index >= 15 is 0 Å². The maximum Gasteiger partial charge on any atom is 1.00 e. The number of hydrogen-bond acceptors (Lipinski definition) is 8. The Bertz CT molecular complexity index is 1050. The third kappa shape index (κ3) is 5.56. The monoisotopic (exact) mass is 434 g/mol. The summed E-state index contributed by atoms with van der Waals surface area (Å²) in [5.41, 5.74) is 1.20. The number of H-pyrrole nitrogens is 2. The first-order chi connectivity index (χ1) is 12.4. The Labute approximate surface area is 240 Å². The molecule has 0 radical (unpaired) electrons. The molecule has 12 nitrogen and oxygen atoms in total. The van der Waals surface area contributed by atoms with E-state index in [4.69, 9.17) is 0 Å². The van der Waals surface area contributed by atoms with Crippen molar-refractivity contribution in [3.8, 4) is 0 Å². The maximum absolute atomic E-state index is 10.9. The molecule has 0 amide bonds. The van der Waals surface area contributed by atoms with Gasteiger partial charge in [0.1, 0.15) is 0 Å². The number of rotatable bonds is 2. The Morgan fingerprint density at radius 2 is 1.11 bits per heavy atom. The van der Waals surface area contributed by atoms with Crippen molar-refractivity contribution in [2.75, 3.05) is 0 Å². The van der Waals surface area contributed by atoms with E-state index < -0.39 is 11.9 Å². The molecule has 0 saturated carbocycles. The Morgan fingerprint density at radius 1 is 0.750 bits per heavy atom. The SMILES string of the molecule is O=C([O-])c1ccc2c(c1)n[nH][n+]2[O-].O=C([O-])c1ccc2c(c1)n[nH][n+]2[O-].[K+].[K+]. The van der Waals surface area contributed by atoms with Gasteiger partial charge >= 0.3 is 103 Å². The number of carboxylic acid groups (broad SMARTS) is 2. The zero-order chi connectivity index (χ0) is 18.8. The third-order valence-electron chi connectivity index (χ3n) is 3.38. The van der Waals surface area contributed by atoms with Crippen molar-refractivity contribution in [3.63, 3.8) is 0 Å². The van der Waals surface area contributed by atoms with Gasteiger partial charge < -0.3 is 30.2 Å². The quantitative estimate of drug-likeness (QED) is 0.176. The summed E-state index contributed by atoms with van der Waals surface area (Å²) in [6.45, 7) is 0. The first-order valence-corrected chi connectivity index (χ1v) is 6.95. The molecule has 2 heterocycles. The summed E-state index contributed by atoms with van der Waals surface area (Å²) in [5.74, 6) is -2.58.